The number of rotatable bonds is 14. The number of nitrogens with two attached hydrogens (primary N) is 1. The second-order valence-corrected chi connectivity index (χ2v) is 8.92. The van der Waals surface area contributed by atoms with Crippen molar-refractivity contribution in [3.63, 3.8) is 0 Å². The summed E-state index contributed by atoms with van der Waals surface area (Å²) in [5.74, 6) is 1.38. The lowest BCUT2D eigenvalue weighted by Gasteiger charge is -2.31. The fourth-order valence-corrected chi connectivity index (χ4v) is 4.39. The number of nitrogens with zero attached hydrogens (tertiary/aromatic N) is 3. The van der Waals surface area contributed by atoms with E-state index >= 15 is 0 Å². The van der Waals surface area contributed by atoms with Gasteiger partial charge in [-0.3, -0.25) is 14.2 Å². The molecule has 0 spiro atoms. The molecular weight excluding hydrogens is 472 g/mol. The van der Waals surface area contributed by atoms with Crippen molar-refractivity contribution in [3.05, 3.63) is 64.2 Å². The van der Waals surface area contributed by atoms with Crippen LogP contribution in [0, 0.1) is 0 Å². The van der Waals surface area contributed by atoms with Crippen molar-refractivity contribution in [2.24, 2.45) is 5.73 Å². The molecule has 0 aliphatic heterocycles. The molecule has 1 heterocycles. The van der Waals surface area contributed by atoms with Gasteiger partial charge in [-0.15, -0.1) is 0 Å². The Morgan fingerprint density at radius 3 is 2.35 bits per heavy atom. The highest BCUT2D eigenvalue weighted by molar-refractivity contribution is 5.95. The Kier molecular flexibility index (Phi) is 10.5. The van der Waals surface area contributed by atoms with Gasteiger partial charge in [0, 0.05) is 25.3 Å². The Morgan fingerprint density at radius 1 is 1.03 bits per heavy atom. The molecular formula is C28H38N4O5. The van der Waals surface area contributed by atoms with Crippen molar-refractivity contribution in [1.82, 2.24) is 14.5 Å². The Labute approximate surface area is 218 Å². The van der Waals surface area contributed by atoms with E-state index in [1.54, 1.807) is 55.1 Å². The van der Waals surface area contributed by atoms with Crippen molar-refractivity contribution < 1.29 is 19.0 Å². The molecule has 0 saturated heterocycles. The first kappa shape index (κ1) is 28.1. The molecule has 3 aromatic rings. The summed E-state index contributed by atoms with van der Waals surface area (Å²) in [6, 6.07) is 11.9. The molecule has 37 heavy (non-hydrogen) atoms. The van der Waals surface area contributed by atoms with Gasteiger partial charge in [0.05, 0.1) is 44.3 Å². The lowest BCUT2D eigenvalue weighted by molar-refractivity contribution is 0.0672. The maximum atomic E-state index is 13.9. The van der Waals surface area contributed by atoms with Gasteiger partial charge in [-0.1, -0.05) is 25.0 Å². The van der Waals surface area contributed by atoms with Crippen molar-refractivity contribution >= 4 is 16.8 Å². The third-order valence-corrected chi connectivity index (χ3v) is 6.46. The Morgan fingerprint density at radius 2 is 1.70 bits per heavy atom. The van der Waals surface area contributed by atoms with E-state index in [2.05, 4.69) is 0 Å². The number of para-hydroxylation sites is 1. The van der Waals surface area contributed by atoms with Crippen LogP contribution in [0.5, 0.6) is 11.5 Å². The zero-order valence-corrected chi connectivity index (χ0v) is 22.2. The van der Waals surface area contributed by atoms with Gasteiger partial charge in [0.2, 0.25) is 0 Å². The van der Waals surface area contributed by atoms with Gasteiger partial charge in [-0.05, 0) is 50.6 Å². The number of hydrogen-bond acceptors (Lipinski definition) is 7. The molecule has 3 rings (SSSR count). The van der Waals surface area contributed by atoms with Gasteiger partial charge in [0.1, 0.15) is 17.3 Å². The number of ether oxygens (including phenoxy) is 3. The van der Waals surface area contributed by atoms with E-state index in [1.165, 1.54) is 0 Å². The summed E-state index contributed by atoms with van der Waals surface area (Å²) in [4.78, 5) is 34.0. The topological polar surface area (TPSA) is 109 Å². The number of methoxy groups -OCH3 is 3. The number of unbranched alkanes of at least 4 members (excludes halogenated alkanes) is 3. The summed E-state index contributed by atoms with van der Waals surface area (Å²) in [5, 5.41) is 0.534. The molecule has 1 aromatic heterocycles. The molecule has 9 nitrogen and oxygen atoms in total. The number of carbonyl (C=O) groups excluding carboxylic acids is 1. The summed E-state index contributed by atoms with van der Waals surface area (Å²) in [7, 11) is 4.69. The quantitative estimate of drug-likeness (QED) is 0.329. The van der Waals surface area contributed by atoms with Gasteiger partial charge in [-0.2, -0.15) is 0 Å². The molecule has 0 unspecified atom stereocenters. The van der Waals surface area contributed by atoms with Crippen LogP contribution in [0.3, 0.4) is 0 Å². The lowest BCUT2D eigenvalue weighted by Crippen LogP contribution is -2.39. The number of carbonyl (C=O) groups is 1. The van der Waals surface area contributed by atoms with Crippen molar-refractivity contribution in [2.75, 3.05) is 41.0 Å². The molecule has 1 atom stereocenters. The average Bonchev–Trinajstić information content (AvgIpc) is 2.93. The average molecular weight is 511 g/mol. The summed E-state index contributed by atoms with van der Waals surface area (Å²) < 4.78 is 17.7. The normalized spacial score (nSPS) is 11.9. The van der Waals surface area contributed by atoms with Gasteiger partial charge >= 0.3 is 0 Å². The molecule has 0 bridgehead atoms. The predicted octanol–water partition coefficient (Wildman–Crippen LogP) is 3.78. The van der Waals surface area contributed by atoms with Crippen molar-refractivity contribution in [1.29, 1.82) is 0 Å². The molecule has 0 aliphatic rings. The summed E-state index contributed by atoms with van der Waals surface area (Å²) in [6.45, 7) is 3.74. The fraction of sp³-hybridized carbons (Fsp3) is 0.464. The monoisotopic (exact) mass is 510 g/mol. The van der Waals surface area contributed by atoms with E-state index in [-0.39, 0.29) is 11.5 Å². The third kappa shape index (κ3) is 6.87. The van der Waals surface area contributed by atoms with Crippen LogP contribution >= 0.6 is 0 Å². The highest BCUT2D eigenvalue weighted by Gasteiger charge is 2.27. The number of benzene rings is 2. The molecule has 1 amide bonds. The molecule has 0 fully saturated rings. The molecule has 0 saturated carbocycles. The lowest BCUT2D eigenvalue weighted by atomic mass is 10.1. The van der Waals surface area contributed by atoms with Crippen LogP contribution in [0.15, 0.2) is 47.3 Å². The number of aromatic nitrogens is 2. The zero-order valence-electron chi connectivity index (χ0n) is 22.2. The van der Waals surface area contributed by atoms with Gasteiger partial charge in [0.15, 0.2) is 0 Å². The SMILES string of the molecule is COCCn1c([C@H](C)N(CCCCCCN)C(=O)c2cc(OC)cc(OC)c2)nc2ccccc2c1=O. The largest absolute Gasteiger partial charge is 0.497 e. The molecule has 0 radical (unpaired) electrons. The maximum absolute atomic E-state index is 13.9. The van der Waals surface area contributed by atoms with Crippen LogP contribution in [-0.4, -0.2) is 61.4 Å². The smallest absolute Gasteiger partial charge is 0.261 e. The van der Waals surface area contributed by atoms with Crippen LogP contribution in [0.25, 0.3) is 10.9 Å². The van der Waals surface area contributed by atoms with Gasteiger partial charge < -0.3 is 24.8 Å². The van der Waals surface area contributed by atoms with Crippen molar-refractivity contribution in [3.8, 4) is 11.5 Å². The number of hydrogen-bond donors (Lipinski definition) is 1. The summed E-state index contributed by atoms with van der Waals surface area (Å²) in [6.07, 6.45) is 3.68. The van der Waals surface area contributed by atoms with Gasteiger partial charge in [0.25, 0.3) is 11.5 Å². The Bertz CT molecular complexity index is 1220. The molecule has 2 aromatic carbocycles. The van der Waals surface area contributed by atoms with Crippen LogP contribution in [0.1, 0.15) is 54.8 Å². The van der Waals surface area contributed by atoms with E-state index in [0.717, 1.165) is 25.7 Å². The van der Waals surface area contributed by atoms with Crippen LogP contribution in [0.2, 0.25) is 0 Å². The maximum Gasteiger partial charge on any atom is 0.261 e. The second kappa shape index (κ2) is 13.8. The number of fused-ring (bicyclic) bond motifs is 1. The standard InChI is InChI=1S/C28H38N4O5/c1-20(26-30-25-12-8-7-11-24(25)28(34)32(26)15-16-35-2)31(14-10-6-5-9-13-29)27(33)21-17-22(36-3)19-23(18-21)37-4/h7-8,11-12,17-20H,5-6,9-10,13-16,29H2,1-4H3/t20-/m0/s1. The molecule has 0 aliphatic carbocycles. The summed E-state index contributed by atoms with van der Waals surface area (Å²) in [5.41, 5.74) is 6.54. The molecule has 200 valence electrons. The Balaban J connectivity index is 2.06. The highest BCUT2D eigenvalue weighted by Crippen LogP contribution is 2.27. The molecule has 2 N–H and O–H groups in total. The van der Waals surface area contributed by atoms with Crippen LogP contribution < -0.4 is 20.8 Å². The van der Waals surface area contributed by atoms with E-state index in [4.69, 9.17) is 24.9 Å². The van der Waals surface area contributed by atoms with E-state index in [0.29, 0.717) is 60.0 Å². The first-order valence-electron chi connectivity index (χ1n) is 12.7. The first-order chi connectivity index (χ1) is 17.9. The van der Waals surface area contributed by atoms with E-state index in [1.807, 2.05) is 25.1 Å². The minimum atomic E-state index is -0.478. The first-order valence-corrected chi connectivity index (χ1v) is 12.7. The van der Waals surface area contributed by atoms with Gasteiger partial charge in [-0.25, -0.2) is 4.98 Å². The third-order valence-electron chi connectivity index (χ3n) is 6.46. The predicted molar refractivity (Wildman–Crippen MR) is 144 cm³/mol. The molecule has 9 heteroatoms. The minimum Gasteiger partial charge on any atom is -0.497 e. The van der Waals surface area contributed by atoms with Crippen LogP contribution in [0.4, 0.5) is 0 Å². The van der Waals surface area contributed by atoms with Crippen LogP contribution in [-0.2, 0) is 11.3 Å². The fourth-order valence-electron chi connectivity index (χ4n) is 4.39. The minimum absolute atomic E-state index is 0.150. The zero-order chi connectivity index (χ0) is 26.8. The van der Waals surface area contributed by atoms with E-state index < -0.39 is 6.04 Å². The number of amides is 1. The highest BCUT2D eigenvalue weighted by atomic mass is 16.5. The van der Waals surface area contributed by atoms with E-state index in [9.17, 15) is 9.59 Å². The Hall–Kier alpha value is -3.43. The van der Waals surface area contributed by atoms with Crippen molar-refractivity contribution in [2.45, 2.75) is 45.2 Å². The summed E-state index contributed by atoms with van der Waals surface area (Å²) >= 11 is 0. The second-order valence-electron chi connectivity index (χ2n) is 8.92.